The quantitative estimate of drug-likeness (QED) is 0.468. The van der Waals surface area contributed by atoms with Gasteiger partial charge in [0.25, 0.3) is 0 Å². The maximum Gasteiger partial charge on any atom is 0.233 e. The number of nitrogens with zero attached hydrogens (tertiary/aromatic N) is 3. The van der Waals surface area contributed by atoms with Crippen molar-refractivity contribution in [2.45, 2.75) is 58.0 Å². The zero-order valence-corrected chi connectivity index (χ0v) is 19.7. The van der Waals surface area contributed by atoms with Crippen LogP contribution in [0.3, 0.4) is 0 Å². The fraction of sp³-hybridized carbons (Fsp3) is 0.542. The second-order valence-electron chi connectivity index (χ2n) is 8.37. The Bertz CT molecular complexity index is 867. The van der Waals surface area contributed by atoms with E-state index in [-0.39, 0.29) is 17.7 Å². The molecule has 2 heterocycles. The first-order valence-corrected chi connectivity index (χ1v) is 12.3. The first-order chi connectivity index (χ1) is 15.0. The molecule has 1 N–H and O–H groups in total. The van der Waals surface area contributed by atoms with Gasteiger partial charge >= 0.3 is 0 Å². The summed E-state index contributed by atoms with van der Waals surface area (Å²) in [5.74, 6) is 0.645. The number of hydrogen-bond donors (Lipinski definition) is 1. The lowest BCUT2D eigenvalue weighted by atomic mass is 9.96. The predicted molar refractivity (Wildman–Crippen MR) is 126 cm³/mol. The van der Waals surface area contributed by atoms with Crippen LogP contribution < -0.4 is 5.32 Å². The summed E-state index contributed by atoms with van der Waals surface area (Å²) in [5, 5.41) is 3.87. The number of rotatable bonds is 9. The highest BCUT2D eigenvalue weighted by Gasteiger charge is 2.27. The number of carbonyl (C=O) groups excluding carboxylic acids is 2. The number of benzene rings is 1. The highest BCUT2D eigenvalue weighted by Crippen LogP contribution is 2.24. The van der Waals surface area contributed by atoms with Crippen LogP contribution in [0, 0.1) is 19.8 Å². The van der Waals surface area contributed by atoms with Crippen molar-refractivity contribution in [1.82, 2.24) is 19.8 Å². The largest absolute Gasteiger partial charge is 0.356 e. The van der Waals surface area contributed by atoms with Crippen molar-refractivity contribution >= 4 is 23.6 Å². The first-order valence-electron chi connectivity index (χ1n) is 11.3. The number of aromatic nitrogens is 2. The van der Waals surface area contributed by atoms with E-state index >= 15 is 0 Å². The van der Waals surface area contributed by atoms with Gasteiger partial charge in [0.15, 0.2) is 5.16 Å². The Morgan fingerprint density at radius 1 is 1.13 bits per heavy atom. The Kier molecular flexibility index (Phi) is 8.58. The van der Waals surface area contributed by atoms with Crippen LogP contribution in [0.15, 0.2) is 35.7 Å². The maximum atomic E-state index is 12.7. The highest BCUT2D eigenvalue weighted by atomic mass is 32.2. The van der Waals surface area contributed by atoms with Gasteiger partial charge in [0.05, 0.1) is 5.75 Å². The van der Waals surface area contributed by atoms with Crippen LogP contribution in [0.2, 0.25) is 0 Å². The van der Waals surface area contributed by atoms with Crippen molar-refractivity contribution in [3.05, 3.63) is 41.7 Å². The van der Waals surface area contributed by atoms with Crippen molar-refractivity contribution in [3.63, 3.8) is 0 Å². The monoisotopic (exact) mass is 442 g/mol. The SMILES string of the molecule is CCCCCNC(=O)C1CCN(C(=O)CSc2nccn2-c2cc(C)cc(C)c2)CC1. The number of nitrogens with one attached hydrogen (secondary N) is 1. The Hall–Kier alpha value is -2.28. The molecule has 0 bridgehead atoms. The Morgan fingerprint density at radius 2 is 1.84 bits per heavy atom. The molecule has 2 aromatic rings. The molecule has 0 spiro atoms. The summed E-state index contributed by atoms with van der Waals surface area (Å²) >= 11 is 1.47. The summed E-state index contributed by atoms with van der Waals surface area (Å²) in [6.07, 6.45) is 8.53. The van der Waals surface area contributed by atoms with E-state index in [1.54, 1.807) is 6.20 Å². The van der Waals surface area contributed by atoms with E-state index in [0.29, 0.717) is 18.8 Å². The van der Waals surface area contributed by atoms with E-state index in [0.717, 1.165) is 49.5 Å². The molecule has 31 heavy (non-hydrogen) atoms. The number of imidazole rings is 1. The lowest BCUT2D eigenvalue weighted by molar-refractivity contribution is -0.133. The van der Waals surface area contributed by atoms with Crippen molar-refractivity contribution in [2.24, 2.45) is 5.92 Å². The second kappa shape index (κ2) is 11.4. The van der Waals surface area contributed by atoms with Gasteiger partial charge in [0.1, 0.15) is 0 Å². The number of piperidine rings is 1. The normalized spacial score (nSPS) is 14.6. The highest BCUT2D eigenvalue weighted by molar-refractivity contribution is 7.99. The lowest BCUT2D eigenvalue weighted by Gasteiger charge is -2.31. The molecule has 1 fully saturated rings. The van der Waals surface area contributed by atoms with Gasteiger partial charge in [-0.3, -0.25) is 14.2 Å². The minimum Gasteiger partial charge on any atom is -0.356 e. The van der Waals surface area contributed by atoms with Crippen LogP contribution in [-0.4, -0.2) is 51.7 Å². The summed E-state index contributed by atoms with van der Waals surface area (Å²) in [5.41, 5.74) is 3.47. The van der Waals surface area contributed by atoms with Crippen molar-refractivity contribution in [2.75, 3.05) is 25.4 Å². The second-order valence-corrected chi connectivity index (χ2v) is 9.31. The molecule has 3 rings (SSSR count). The Labute approximate surface area is 189 Å². The zero-order valence-electron chi connectivity index (χ0n) is 18.9. The standard InChI is InChI=1S/C24H34N4O2S/c1-4-5-6-9-25-23(30)20-7-11-27(12-8-20)22(29)17-31-24-26-10-13-28(24)21-15-18(2)14-19(3)16-21/h10,13-16,20H,4-9,11-12,17H2,1-3H3,(H,25,30). The van der Waals surface area contributed by atoms with Crippen LogP contribution in [-0.2, 0) is 9.59 Å². The molecule has 6 nitrogen and oxygen atoms in total. The number of thioether (sulfide) groups is 1. The molecule has 1 aliphatic heterocycles. The van der Waals surface area contributed by atoms with Gasteiger partial charge < -0.3 is 10.2 Å². The molecule has 0 radical (unpaired) electrons. The number of unbranched alkanes of at least 4 members (excludes halogenated alkanes) is 2. The van der Waals surface area contributed by atoms with Gasteiger partial charge in [-0.25, -0.2) is 4.98 Å². The van der Waals surface area contributed by atoms with Crippen molar-refractivity contribution in [1.29, 1.82) is 0 Å². The van der Waals surface area contributed by atoms with E-state index in [9.17, 15) is 9.59 Å². The summed E-state index contributed by atoms with van der Waals surface area (Å²) < 4.78 is 2.03. The smallest absolute Gasteiger partial charge is 0.233 e. The molecule has 2 amide bonds. The summed E-state index contributed by atoms with van der Waals surface area (Å²) in [7, 11) is 0. The van der Waals surface area contributed by atoms with Gasteiger partial charge in [-0.05, 0) is 56.4 Å². The molecule has 0 unspecified atom stereocenters. The van der Waals surface area contributed by atoms with Gasteiger partial charge in [0, 0.05) is 43.6 Å². The molecular weight excluding hydrogens is 408 g/mol. The van der Waals surface area contributed by atoms with E-state index in [2.05, 4.69) is 49.3 Å². The molecule has 1 aliphatic rings. The predicted octanol–water partition coefficient (Wildman–Crippen LogP) is 4.13. The third kappa shape index (κ3) is 6.60. The molecule has 7 heteroatoms. The van der Waals surface area contributed by atoms with E-state index in [4.69, 9.17) is 0 Å². The molecule has 0 atom stereocenters. The average Bonchev–Trinajstić information content (AvgIpc) is 3.23. The van der Waals surface area contributed by atoms with E-state index in [1.165, 1.54) is 22.9 Å². The first kappa shape index (κ1) is 23.4. The summed E-state index contributed by atoms with van der Waals surface area (Å²) in [4.78, 5) is 31.4. The molecule has 1 aromatic carbocycles. The van der Waals surface area contributed by atoms with Gasteiger partial charge in [-0.2, -0.15) is 0 Å². The van der Waals surface area contributed by atoms with Crippen molar-refractivity contribution in [3.8, 4) is 5.69 Å². The summed E-state index contributed by atoms with van der Waals surface area (Å²) in [6, 6.07) is 6.39. The Morgan fingerprint density at radius 3 is 2.52 bits per heavy atom. The van der Waals surface area contributed by atoms with Crippen LogP contribution in [0.5, 0.6) is 0 Å². The topological polar surface area (TPSA) is 67.2 Å². The van der Waals surface area contributed by atoms with Crippen molar-refractivity contribution < 1.29 is 9.59 Å². The fourth-order valence-electron chi connectivity index (χ4n) is 4.02. The van der Waals surface area contributed by atoms with E-state index < -0.39 is 0 Å². The van der Waals surface area contributed by atoms with Crippen LogP contribution in [0.25, 0.3) is 5.69 Å². The zero-order chi connectivity index (χ0) is 22.2. The molecule has 0 aliphatic carbocycles. The maximum absolute atomic E-state index is 12.7. The number of carbonyl (C=O) groups is 2. The molecule has 1 aromatic heterocycles. The van der Waals surface area contributed by atoms with Gasteiger partial charge in [-0.1, -0.05) is 37.6 Å². The fourth-order valence-corrected chi connectivity index (χ4v) is 4.90. The number of hydrogen-bond acceptors (Lipinski definition) is 4. The molecule has 0 saturated carbocycles. The molecule has 168 valence electrons. The molecular formula is C24H34N4O2S. The van der Waals surface area contributed by atoms with Gasteiger partial charge in [0.2, 0.25) is 11.8 Å². The average molecular weight is 443 g/mol. The third-order valence-electron chi connectivity index (χ3n) is 5.71. The van der Waals surface area contributed by atoms with Gasteiger partial charge in [-0.15, -0.1) is 0 Å². The minimum absolute atomic E-state index is 0.0294. The number of amides is 2. The van der Waals surface area contributed by atoms with Crippen LogP contribution in [0.1, 0.15) is 50.2 Å². The van der Waals surface area contributed by atoms with Crippen LogP contribution >= 0.6 is 11.8 Å². The number of aryl methyl sites for hydroxylation is 2. The van der Waals surface area contributed by atoms with Crippen LogP contribution in [0.4, 0.5) is 0 Å². The molecule has 1 saturated heterocycles. The van der Waals surface area contributed by atoms with E-state index in [1.807, 2.05) is 15.7 Å². The number of likely N-dealkylation sites (tertiary alicyclic amines) is 1. The minimum atomic E-state index is 0.0294. The third-order valence-corrected chi connectivity index (χ3v) is 6.67. The lowest BCUT2D eigenvalue weighted by Crippen LogP contribution is -2.43. The summed E-state index contributed by atoms with van der Waals surface area (Å²) in [6.45, 7) is 8.38. The Balaban J connectivity index is 1.47.